The third kappa shape index (κ3) is 4.09. The summed E-state index contributed by atoms with van der Waals surface area (Å²) in [6.45, 7) is 4.20. The fourth-order valence-corrected chi connectivity index (χ4v) is 6.49. The van der Waals surface area contributed by atoms with Crippen LogP contribution in [0.15, 0.2) is 18.3 Å². The monoisotopic (exact) mass is 424 g/mol. The Morgan fingerprint density at radius 3 is 2.55 bits per heavy atom. The lowest BCUT2D eigenvalue weighted by atomic mass is 9.73. The van der Waals surface area contributed by atoms with Gasteiger partial charge < -0.3 is 14.8 Å². The number of methoxy groups -OCH3 is 1. The molecule has 0 radical (unpaired) electrons. The Kier molecular flexibility index (Phi) is 5.72. The Labute approximate surface area is 185 Å². The molecule has 2 aromatic rings. The zero-order chi connectivity index (χ0) is 21.5. The normalized spacial score (nSPS) is 29.9. The van der Waals surface area contributed by atoms with Gasteiger partial charge in [-0.15, -0.1) is 0 Å². The molecule has 2 aliphatic carbocycles. The number of carbonyl (C=O) groups is 1. The van der Waals surface area contributed by atoms with Crippen LogP contribution in [0.1, 0.15) is 62.5 Å². The summed E-state index contributed by atoms with van der Waals surface area (Å²) in [5, 5.41) is 10.7. The molecule has 2 heterocycles. The summed E-state index contributed by atoms with van der Waals surface area (Å²) in [5.74, 6) is 2.69. The number of piperidine rings is 1. The lowest BCUT2D eigenvalue weighted by Crippen LogP contribution is -2.47. The molecule has 2 N–H and O–H groups in total. The van der Waals surface area contributed by atoms with Crippen LogP contribution in [0.2, 0.25) is 0 Å². The van der Waals surface area contributed by atoms with Crippen LogP contribution in [0.4, 0.5) is 0 Å². The van der Waals surface area contributed by atoms with Crippen LogP contribution in [0.5, 0.6) is 5.75 Å². The zero-order valence-corrected chi connectivity index (χ0v) is 18.9. The Hall–Kier alpha value is -2.01. The summed E-state index contributed by atoms with van der Waals surface area (Å²) in [6.07, 6.45) is 11.2. The van der Waals surface area contributed by atoms with E-state index in [9.17, 15) is 9.90 Å². The van der Waals surface area contributed by atoms with Crippen LogP contribution in [0.25, 0.3) is 10.9 Å². The van der Waals surface area contributed by atoms with Gasteiger partial charge in [0.05, 0.1) is 13.0 Å². The lowest BCUT2D eigenvalue weighted by Gasteiger charge is -2.45. The van der Waals surface area contributed by atoms with E-state index in [1.807, 2.05) is 6.20 Å². The molecule has 0 spiro atoms. The molecule has 5 rings (SSSR count). The molecule has 0 amide bonds. The maximum Gasteiger partial charge on any atom is 0.306 e. The molecule has 3 fully saturated rings. The van der Waals surface area contributed by atoms with E-state index >= 15 is 0 Å². The van der Waals surface area contributed by atoms with Crippen molar-refractivity contribution in [2.45, 2.75) is 70.9 Å². The Morgan fingerprint density at radius 2 is 1.87 bits per heavy atom. The number of carboxylic acid groups (broad SMARTS) is 1. The molecule has 168 valence electrons. The third-order valence-corrected chi connectivity index (χ3v) is 8.45. The van der Waals surface area contributed by atoms with Gasteiger partial charge in [0.2, 0.25) is 0 Å². The smallest absolute Gasteiger partial charge is 0.306 e. The molecular formula is C26H36N2O3. The van der Waals surface area contributed by atoms with Gasteiger partial charge >= 0.3 is 5.97 Å². The molecule has 31 heavy (non-hydrogen) atoms. The second-order valence-electron chi connectivity index (χ2n) is 10.3. The first-order valence-electron chi connectivity index (χ1n) is 12.2. The first-order valence-corrected chi connectivity index (χ1v) is 12.2. The molecule has 5 nitrogen and oxygen atoms in total. The summed E-state index contributed by atoms with van der Waals surface area (Å²) < 4.78 is 5.83. The molecule has 2 unspecified atom stereocenters. The molecule has 3 aliphatic rings. The van der Waals surface area contributed by atoms with Crippen molar-refractivity contribution in [2.75, 3.05) is 13.7 Å². The number of aryl methyl sites for hydroxylation is 1. The van der Waals surface area contributed by atoms with Crippen molar-refractivity contribution in [3.8, 4) is 5.75 Å². The minimum absolute atomic E-state index is 0.135. The SMILES string of the molecule is COc1cc(C)c2[nH]ccc2c1CN1CCC(C2CC2)CC1[C@H]1CC[C@@H](C(=O)O)CC1. The predicted octanol–water partition coefficient (Wildman–Crippen LogP) is 5.37. The first-order chi connectivity index (χ1) is 15.0. The van der Waals surface area contributed by atoms with Crippen LogP contribution in [0, 0.1) is 30.6 Å². The molecule has 2 saturated carbocycles. The van der Waals surface area contributed by atoms with Crippen molar-refractivity contribution in [3.63, 3.8) is 0 Å². The van der Waals surface area contributed by atoms with Crippen molar-refractivity contribution >= 4 is 16.9 Å². The third-order valence-electron chi connectivity index (χ3n) is 8.45. The highest BCUT2D eigenvalue weighted by molar-refractivity contribution is 5.88. The van der Waals surface area contributed by atoms with Crippen molar-refractivity contribution in [3.05, 3.63) is 29.5 Å². The summed E-state index contributed by atoms with van der Waals surface area (Å²) in [6, 6.07) is 4.91. The number of rotatable bonds is 6. The Balaban J connectivity index is 1.40. The van der Waals surface area contributed by atoms with E-state index in [1.54, 1.807) is 7.11 Å². The maximum atomic E-state index is 11.5. The highest BCUT2D eigenvalue weighted by Crippen LogP contribution is 2.47. The summed E-state index contributed by atoms with van der Waals surface area (Å²) in [5.41, 5.74) is 3.72. The molecule has 1 aliphatic heterocycles. The van der Waals surface area contributed by atoms with E-state index in [4.69, 9.17) is 4.74 Å². The first kappa shape index (κ1) is 20.9. The molecule has 1 saturated heterocycles. The number of hydrogen-bond donors (Lipinski definition) is 2. The van der Waals surface area contributed by atoms with Gasteiger partial charge in [-0.1, -0.05) is 0 Å². The van der Waals surface area contributed by atoms with Gasteiger partial charge in [-0.25, -0.2) is 0 Å². The number of H-pyrrole nitrogens is 1. The summed E-state index contributed by atoms with van der Waals surface area (Å²) in [4.78, 5) is 17.6. The minimum atomic E-state index is -0.603. The van der Waals surface area contributed by atoms with E-state index < -0.39 is 5.97 Å². The average molecular weight is 425 g/mol. The van der Waals surface area contributed by atoms with Crippen LogP contribution < -0.4 is 4.74 Å². The van der Waals surface area contributed by atoms with Gasteiger partial charge in [-0.2, -0.15) is 0 Å². The van der Waals surface area contributed by atoms with Gasteiger partial charge in [0, 0.05) is 35.2 Å². The minimum Gasteiger partial charge on any atom is -0.496 e. The lowest BCUT2D eigenvalue weighted by molar-refractivity contribution is -0.143. The standard InChI is InChI=1S/C26H36N2O3/c1-16-13-24(31-2)22(21-9-11-27-25(16)21)15-28-12-10-20(17-3-4-17)14-23(28)18-5-7-19(8-6-18)26(29)30/h9,11,13,17-20,23,27H,3-8,10,12,14-15H2,1-2H3,(H,29,30)/t18-,19+,20?,23?. The summed E-state index contributed by atoms with van der Waals surface area (Å²) in [7, 11) is 1.78. The van der Waals surface area contributed by atoms with E-state index in [2.05, 4.69) is 28.9 Å². The number of ether oxygens (including phenoxy) is 1. The maximum absolute atomic E-state index is 11.5. The van der Waals surface area contributed by atoms with Crippen molar-refractivity contribution in [1.29, 1.82) is 0 Å². The summed E-state index contributed by atoms with van der Waals surface area (Å²) >= 11 is 0. The predicted molar refractivity (Wildman–Crippen MR) is 122 cm³/mol. The number of aliphatic carboxylic acids is 1. The molecule has 0 bridgehead atoms. The van der Waals surface area contributed by atoms with Gasteiger partial charge in [0.25, 0.3) is 0 Å². The largest absolute Gasteiger partial charge is 0.496 e. The van der Waals surface area contributed by atoms with E-state index in [0.29, 0.717) is 12.0 Å². The number of aromatic amines is 1. The molecular weight excluding hydrogens is 388 g/mol. The quantitative estimate of drug-likeness (QED) is 0.655. The van der Waals surface area contributed by atoms with Crippen molar-refractivity contribution in [2.24, 2.45) is 23.7 Å². The van der Waals surface area contributed by atoms with E-state index in [1.165, 1.54) is 47.7 Å². The number of nitrogens with one attached hydrogen (secondary N) is 1. The van der Waals surface area contributed by atoms with Crippen LogP contribution in [-0.4, -0.2) is 40.7 Å². The number of hydrogen-bond acceptors (Lipinski definition) is 3. The zero-order valence-electron chi connectivity index (χ0n) is 18.9. The number of carboxylic acids is 1. The van der Waals surface area contributed by atoms with E-state index in [-0.39, 0.29) is 5.92 Å². The van der Waals surface area contributed by atoms with Crippen LogP contribution in [-0.2, 0) is 11.3 Å². The van der Waals surface area contributed by atoms with Crippen molar-refractivity contribution < 1.29 is 14.6 Å². The molecule has 1 aromatic heterocycles. The number of aromatic nitrogens is 1. The highest BCUT2D eigenvalue weighted by atomic mass is 16.5. The average Bonchev–Trinajstić information content (AvgIpc) is 3.51. The highest BCUT2D eigenvalue weighted by Gasteiger charge is 2.41. The number of benzene rings is 1. The fraction of sp³-hybridized carbons (Fsp3) is 0.654. The van der Waals surface area contributed by atoms with Gasteiger partial charge in [-0.3, -0.25) is 9.69 Å². The second kappa shape index (κ2) is 8.50. The Bertz CT molecular complexity index is 940. The molecule has 1 aromatic carbocycles. The van der Waals surface area contributed by atoms with Gasteiger partial charge in [0.1, 0.15) is 5.75 Å². The molecule has 5 heteroatoms. The fourth-order valence-electron chi connectivity index (χ4n) is 6.49. The van der Waals surface area contributed by atoms with Crippen LogP contribution >= 0.6 is 0 Å². The van der Waals surface area contributed by atoms with Gasteiger partial charge in [0.15, 0.2) is 0 Å². The number of fused-ring (bicyclic) bond motifs is 1. The number of likely N-dealkylation sites (tertiary alicyclic amines) is 1. The topological polar surface area (TPSA) is 65.6 Å². The second-order valence-corrected chi connectivity index (χ2v) is 10.3. The Morgan fingerprint density at radius 1 is 1.13 bits per heavy atom. The van der Waals surface area contributed by atoms with E-state index in [0.717, 1.165) is 56.4 Å². The molecule has 2 atom stereocenters. The van der Waals surface area contributed by atoms with Crippen LogP contribution in [0.3, 0.4) is 0 Å². The number of nitrogens with zero attached hydrogens (tertiary/aromatic N) is 1. The van der Waals surface area contributed by atoms with Gasteiger partial charge in [-0.05, 0) is 100 Å². The van der Waals surface area contributed by atoms with Crippen molar-refractivity contribution in [1.82, 2.24) is 9.88 Å².